The summed E-state index contributed by atoms with van der Waals surface area (Å²) in [7, 11) is 13.2. The molecule has 0 fully saturated rings. The van der Waals surface area contributed by atoms with Crippen molar-refractivity contribution in [3.05, 3.63) is 146 Å². The molecule has 8 bridgehead atoms. The monoisotopic (exact) mass is 1060 g/mol. The highest BCUT2D eigenvalue weighted by molar-refractivity contribution is 6.15. The van der Waals surface area contributed by atoms with Gasteiger partial charge in [0, 0.05) is 66.1 Å². The number of hydrogen-bond donors (Lipinski definition) is 2. The topological polar surface area (TPSA) is 183 Å². The van der Waals surface area contributed by atoms with Crippen molar-refractivity contribution in [2.45, 2.75) is 0 Å². The third kappa shape index (κ3) is 7.98. The molecule has 394 valence electrons. The lowest BCUT2D eigenvalue weighted by atomic mass is 9.95. The highest BCUT2D eigenvalue weighted by Crippen LogP contribution is 2.49. The third-order valence-corrected chi connectivity index (χ3v) is 14.7. The second kappa shape index (κ2) is 19.8. The summed E-state index contributed by atoms with van der Waals surface area (Å²) in [5.41, 5.74) is 11.1. The van der Waals surface area contributed by atoms with Gasteiger partial charge >= 0.3 is 0 Å². The van der Waals surface area contributed by atoms with E-state index in [0.29, 0.717) is 91.9 Å². The zero-order valence-corrected chi connectivity index (χ0v) is 44.8. The molecule has 2 aliphatic rings. The minimum atomic E-state index is 0.386. The molecule has 0 atom stereocenters. The molecule has 2 N–H and O–H groups in total. The molecule has 0 unspecified atom stereocenters. The van der Waals surface area contributed by atoms with Crippen LogP contribution in [0.1, 0.15) is 0 Å². The van der Waals surface area contributed by atoms with E-state index in [2.05, 4.69) is 9.97 Å². The standard InChI is InChI=1S/C64H50N8O8/c1-73-33-21-25-49(77-5)45(29-33)37-13-9-17-41-53(37)61-65-57(41)70-62-55-39(47-31-35(75-3)23-27-51(47)79-7)15-11-19-43(55)59(67-62)72-64-56-40(48-32-36(76-4)24-28-52(48)80-8)16-12-20-44(56)60(68-64)71-63-54-38(14-10-18-42(54)58(66-63)69-61)46-30-34(74-2)22-26-50(46)78-6/h9-32H,1-8H3,(H2,65,66,67,68,69,70,71,72). The Kier molecular flexibility index (Phi) is 12.2. The number of rotatable bonds is 12. The van der Waals surface area contributed by atoms with E-state index in [0.717, 1.165) is 88.3 Å². The minimum Gasteiger partial charge on any atom is -0.497 e. The van der Waals surface area contributed by atoms with Crippen LogP contribution in [0.15, 0.2) is 146 Å². The smallest absolute Gasteiger partial charge is 0.165 e. The van der Waals surface area contributed by atoms with Crippen molar-refractivity contribution >= 4 is 44.1 Å². The van der Waals surface area contributed by atoms with Crippen LogP contribution in [0.2, 0.25) is 0 Å². The van der Waals surface area contributed by atoms with Gasteiger partial charge in [0.1, 0.15) is 68.6 Å². The molecule has 80 heavy (non-hydrogen) atoms. The fourth-order valence-corrected chi connectivity index (χ4v) is 11.0. The Morgan fingerprint density at radius 2 is 0.562 bits per heavy atom. The van der Waals surface area contributed by atoms with E-state index in [1.54, 1.807) is 56.9 Å². The Bertz CT molecular complexity index is 4230. The van der Waals surface area contributed by atoms with Crippen LogP contribution in [-0.4, -0.2) is 96.8 Å². The normalized spacial score (nSPS) is 11.5. The zero-order valence-electron chi connectivity index (χ0n) is 44.8. The fraction of sp³-hybridized carbons (Fsp3) is 0.125. The summed E-state index contributed by atoms with van der Waals surface area (Å²) in [4.78, 5) is 40.2. The first-order valence-electron chi connectivity index (χ1n) is 25.5. The minimum absolute atomic E-state index is 0.386. The summed E-state index contributed by atoms with van der Waals surface area (Å²) in [6, 6.07) is 47.0. The van der Waals surface area contributed by atoms with Crippen molar-refractivity contribution in [1.29, 1.82) is 0 Å². The van der Waals surface area contributed by atoms with E-state index in [9.17, 15) is 0 Å². The molecule has 0 spiro atoms. The van der Waals surface area contributed by atoms with Gasteiger partial charge in [0.15, 0.2) is 23.3 Å². The van der Waals surface area contributed by atoms with Gasteiger partial charge in [-0.1, -0.05) is 72.8 Å². The zero-order chi connectivity index (χ0) is 54.8. The number of methoxy groups -OCH3 is 8. The average molecular weight is 1060 g/mol. The van der Waals surface area contributed by atoms with E-state index in [4.69, 9.17) is 67.8 Å². The number of H-pyrrole nitrogens is 2. The number of aromatic nitrogens is 8. The maximum Gasteiger partial charge on any atom is 0.165 e. The van der Waals surface area contributed by atoms with Crippen molar-refractivity contribution in [2.24, 2.45) is 0 Å². The summed E-state index contributed by atoms with van der Waals surface area (Å²) in [5, 5.41) is 3.00. The van der Waals surface area contributed by atoms with Crippen LogP contribution in [0.3, 0.4) is 0 Å². The van der Waals surface area contributed by atoms with Gasteiger partial charge in [-0.3, -0.25) is 0 Å². The van der Waals surface area contributed by atoms with Crippen LogP contribution in [-0.2, 0) is 0 Å². The van der Waals surface area contributed by atoms with Gasteiger partial charge in [-0.05, 0) is 95.1 Å². The Morgan fingerprint density at radius 3 is 0.900 bits per heavy atom. The second-order valence-corrected chi connectivity index (χ2v) is 18.8. The summed E-state index contributed by atoms with van der Waals surface area (Å²) >= 11 is 0. The van der Waals surface area contributed by atoms with Crippen molar-refractivity contribution in [1.82, 2.24) is 39.9 Å². The van der Waals surface area contributed by atoms with Gasteiger partial charge < -0.3 is 47.9 Å². The molecule has 0 saturated heterocycles. The van der Waals surface area contributed by atoms with E-state index < -0.39 is 0 Å². The number of fused-ring (bicyclic) bond motifs is 20. The third-order valence-electron chi connectivity index (χ3n) is 14.7. The lowest BCUT2D eigenvalue weighted by Gasteiger charge is -2.13. The SMILES string of the molecule is COc1ccc(OC)c(-c2cccc3c2-c2nc-3nc3[nH]c(nc4nc(nc5[nH]c(n2)c2cccc(-c6cc(OC)ccc6OC)c52)-c2cccc(-c5cc(OC)ccc5OC)c2-4)c2cccc(-c4cc(OC)ccc4OC)c32)c1. The lowest BCUT2D eigenvalue weighted by molar-refractivity contribution is 0.404. The fourth-order valence-electron chi connectivity index (χ4n) is 11.0. The van der Waals surface area contributed by atoms with E-state index >= 15 is 0 Å². The molecule has 3 aromatic heterocycles. The second-order valence-electron chi connectivity index (χ2n) is 18.8. The van der Waals surface area contributed by atoms with Crippen LogP contribution >= 0.6 is 0 Å². The number of nitrogens with zero attached hydrogens (tertiary/aromatic N) is 6. The highest BCUT2D eigenvalue weighted by atomic mass is 16.5. The molecule has 16 heteroatoms. The van der Waals surface area contributed by atoms with Crippen molar-refractivity contribution in [3.63, 3.8) is 0 Å². The van der Waals surface area contributed by atoms with Crippen LogP contribution in [0, 0.1) is 0 Å². The van der Waals surface area contributed by atoms with Crippen LogP contribution in [0.5, 0.6) is 46.0 Å². The van der Waals surface area contributed by atoms with Gasteiger partial charge in [-0.25, -0.2) is 29.9 Å². The average Bonchev–Trinajstić information content (AvgIpc) is 4.32. The molecular weight excluding hydrogens is 1010 g/mol. The van der Waals surface area contributed by atoms with Crippen molar-refractivity contribution in [2.75, 3.05) is 56.9 Å². The van der Waals surface area contributed by atoms with Crippen LogP contribution < -0.4 is 37.9 Å². The Balaban J connectivity index is 1.23. The molecule has 11 aromatic rings. The molecule has 0 amide bonds. The largest absolute Gasteiger partial charge is 0.497 e. The molecule has 16 nitrogen and oxygen atoms in total. The number of hydrogen-bond acceptors (Lipinski definition) is 14. The highest BCUT2D eigenvalue weighted by Gasteiger charge is 2.29. The predicted molar refractivity (Wildman–Crippen MR) is 310 cm³/mol. The van der Waals surface area contributed by atoms with Gasteiger partial charge in [0.25, 0.3) is 0 Å². The summed E-state index contributed by atoms with van der Waals surface area (Å²) in [5.74, 6) is 6.68. The van der Waals surface area contributed by atoms with Gasteiger partial charge in [-0.2, -0.15) is 0 Å². The summed E-state index contributed by atoms with van der Waals surface area (Å²) in [6.45, 7) is 0. The van der Waals surface area contributed by atoms with Crippen molar-refractivity contribution < 1.29 is 37.9 Å². The van der Waals surface area contributed by atoms with E-state index in [1.165, 1.54) is 0 Å². The molecule has 0 radical (unpaired) electrons. The maximum atomic E-state index is 6.03. The molecule has 8 aromatic carbocycles. The lowest BCUT2D eigenvalue weighted by Crippen LogP contribution is -1.93. The maximum absolute atomic E-state index is 6.03. The van der Waals surface area contributed by atoms with Gasteiger partial charge in [0.05, 0.1) is 56.9 Å². The van der Waals surface area contributed by atoms with Crippen LogP contribution in [0.4, 0.5) is 0 Å². The Morgan fingerprint density at radius 1 is 0.263 bits per heavy atom. The predicted octanol–water partition coefficient (Wildman–Crippen LogP) is 13.6. The summed E-state index contributed by atoms with van der Waals surface area (Å²) < 4.78 is 47.2. The number of nitrogens with one attached hydrogen (secondary N) is 2. The molecule has 0 aliphatic carbocycles. The first-order chi connectivity index (χ1) is 39.3. The Hall–Kier alpha value is -10.5. The van der Waals surface area contributed by atoms with Crippen molar-refractivity contribution in [3.8, 4) is 136 Å². The molecule has 5 heterocycles. The molecule has 2 aliphatic heterocycles. The van der Waals surface area contributed by atoms with Crippen LogP contribution in [0.25, 0.3) is 134 Å². The molecule has 0 saturated carbocycles. The molecular formula is C64H50N8O8. The number of ether oxygens (including phenoxy) is 8. The van der Waals surface area contributed by atoms with E-state index in [-0.39, 0.29) is 0 Å². The number of aromatic amines is 2. The van der Waals surface area contributed by atoms with Gasteiger partial charge in [-0.15, -0.1) is 0 Å². The quantitative estimate of drug-likeness (QED) is 0.118. The Labute approximate surface area is 458 Å². The van der Waals surface area contributed by atoms with E-state index in [1.807, 2.05) is 146 Å². The first kappa shape index (κ1) is 49.1. The molecule has 13 rings (SSSR count). The first-order valence-corrected chi connectivity index (χ1v) is 25.5. The summed E-state index contributed by atoms with van der Waals surface area (Å²) in [6.07, 6.45) is 0. The van der Waals surface area contributed by atoms with Gasteiger partial charge in [0.2, 0.25) is 0 Å². The number of benzene rings is 8.